The molecule has 0 radical (unpaired) electrons. The van der Waals surface area contributed by atoms with E-state index in [1.165, 1.54) is 41.0 Å². The second-order valence-electron chi connectivity index (χ2n) is 7.54. The van der Waals surface area contributed by atoms with Gasteiger partial charge in [0.15, 0.2) is 0 Å². The molecule has 0 spiro atoms. The van der Waals surface area contributed by atoms with Crippen molar-refractivity contribution >= 4 is 22.6 Å². The highest BCUT2D eigenvalue weighted by Crippen LogP contribution is 2.19. The second kappa shape index (κ2) is 7.94. The average Bonchev–Trinajstić information content (AvgIpc) is 3.20. The first kappa shape index (κ1) is 20.5. The first-order chi connectivity index (χ1) is 15.9. The molecular formula is C24H17F2N5O2. The van der Waals surface area contributed by atoms with Gasteiger partial charge >= 0.3 is 0 Å². The minimum Gasteiger partial charge on any atom is -0.348 e. The van der Waals surface area contributed by atoms with Gasteiger partial charge in [-0.25, -0.2) is 13.3 Å². The zero-order valence-corrected chi connectivity index (χ0v) is 17.4. The van der Waals surface area contributed by atoms with Crippen LogP contribution in [-0.4, -0.2) is 25.1 Å². The van der Waals surface area contributed by atoms with Crippen molar-refractivity contribution < 1.29 is 13.6 Å². The number of halogens is 2. The Morgan fingerprint density at radius 1 is 0.939 bits per heavy atom. The van der Waals surface area contributed by atoms with Crippen LogP contribution in [0, 0.1) is 18.6 Å². The lowest BCUT2D eigenvalue weighted by atomic mass is 10.1. The van der Waals surface area contributed by atoms with Gasteiger partial charge in [-0.3, -0.25) is 14.0 Å². The van der Waals surface area contributed by atoms with Crippen LogP contribution >= 0.6 is 0 Å². The van der Waals surface area contributed by atoms with Crippen LogP contribution in [-0.2, 0) is 6.54 Å². The first-order valence-electron chi connectivity index (χ1n) is 10.1. The van der Waals surface area contributed by atoms with Crippen LogP contribution in [0.4, 0.5) is 8.78 Å². The van der Waals surface area contributed by atoms with Crippen LogP contribution in [0.5, 0.6) is 0 Å². The summed E-state index contributed by atoms with van der Waals surface area (Å²) in [6.45, 7) is 1.96. The third-order valence-corrected chi connectivity index (χ3v) is 5.39. The summed E-state index contributed by atoms with van der Waals surface area (Å²) in [5.41, 5.74) is 1.66. The van der Waals surface area contributed by atoms with Crippen LogP contribution in [0.25, 0.3) is 22.4 Å². The summed E-state index contributed by atoms with van der Waals surface area (Å²) in [5, 5.41) is 11.4. The zero-order chi connectivity index (χ0) is 23.1. The van der Waals surface area contributed by atoms with Gasteiger partial charge in [-0.1, -0.05) is 12.1 Å². The Morgan fingerprint density at radius 2 is 1.61 bits per heavy atom. The number of amides is 1. The lowest BCUT2D eigenvalue weighted by molar-refractivity contribution is 0.0951. The van der Waals surface area contributed by atoms with E-state index < -0.39 is 5.82 Å². The smallest absolute Gasteiger partial charge is 0.267 e. The summed E-state index contributed by atoms with van der Waals surface area (Å²) >= 11 is 0. The van der Waals surface area contributed by atoms with Crippen LogP contribution in [0.15, 0.2) is 71.5 Å². The molecule has 9 heteroatoms. The summed E-state index contributed by atoms with van der Waals surface area (Å²) in [5.74, 6) is -0.338. The fourth-order valence-electron chi connectivity index (χ4n) is 3.74. The van der Waals surface area contributed by atoms with Gasteiger partial charge in [-0.2, -0.15) is 0 Å². The number of carbonyl (C=O) groups is 1. The molecule has 0 saturated carbocycles. The van der Waals surface area contributed by atoms with Crippen molar-refractivity contribution in [2.45, 2.75) is 13.5 Å². The average molecular weight is 445 g/mol. The fourth-order valence-corrected chi connectivity index (χ4v) is 3.74. The van der Waals surface area contributed by atoms with E-state index in [4.69, 9.17) is 0 Å². The summed E-state index contributed by atoms with van der Waals surface area (Å²) in [6, 6.07) is 16.1. The molecule has 0 bridgehead atoms. The Morgan fingerprint density at radius 3 is 2.30 bits per heavy atom. The molecule has 3 aromatic carbocycles. The summed E-state index contributed by atoms with van der Waals surface area (Å²) in [7, 11) is 0. The van der Waals surface area contributed by atoms with Crippen molar-refractivity contribution in [3.63, 3.8) is 0 Å². The zero-order valence-electron chi connectivity index (χ0n) is 17.4. The van der Waals surface area contributed by atoms with Gasteiger partial charge in [0, 0.05) is 12.1 Å². The third kappa shape index (κ3) is 3.63. The van der Waals surface area contributed by atoms with Crippen molar-refractivity contribution in [2.24, 2.45) is 0 Å². The normalized spacial score (nSPS) is 11.2. The number of carbonyl (C=O) groups excluding carboxylic acids is 1. The quantitative estimate of drug-likeness (QED) is 0.459. The van der Waals surface area contributed by atoms with E-state index in [0.29, 0.717) is 28.0 Å². The number of rotatable bonds is 4. The minimum atomic E-state index is -0.419. The maximum absolute atomic E-state index is 13.4. The number of fused-ring (bicyclic) bond motifs is 3. The first-order valence-corrected chi connectivity index (χ1v) is 10.1. The molecule has 0 atom stereocenters. The number of aromatic nitrogens is 4. The summed E-state index contributed by atoms with van der Waals surface area (Å²) in [6.07, 6.45) is 0. The molecule has 0 aliphatic carbocycles. The van der Waals surface area contributed by atoms with E-state index in [-0.39, 0.29) is 29.6 Å². The van der Waals surface area contributed by atoms with Crippen molar-refractivity contribution in [1.82, 2.24) is 24.5 Å². The Bertz CT molecular complexity index is 1570. The lowest BCUT2D eigenvalue weighted by Crippen LogP contribution is -2.24. The standard InChI is InChI=1S/C24H17F2N5O2/c1-14-28-29-24-30(14)21-12-16(22(32)27-13-15-2-5-17(25)6-3-15)4-11-20(21)23(33)31(24)19-9-7-18(26)8-10-19/h2-12H,13H2,1H3,(H,27,32). The molecule has 7 nitrogen and oxygen atoms in total. The van der Waals surface area contributed by atoms with Crippen molar-refractivity contribution in [3.8, 4) is 5.69 Å². The van der Waals surface area contributed by atoms with Gasteiger partial charge < -0.3 is 5.32 Å². The number of hydrogen-bond acceptors (Lipinski definition) is 4. The Balaban J connectivity index is 1.59. The molecule has 2 aromatic heterocycles. The van der Waals surface area contributed by atoms with Gasteiger partial charge in [-0.15, -0.1) is 10.2 Å². The minimum absolute atomic E-state index is 0.227. The molecule has 0 fully saturated rings. The van der Waals surface area contributed by atoms with Crippen LogP contribution in [0.3, 0.4) is 0 Å². The van der Waals surface area contributed by atoms with Gasteiger partial charge in [-0.05, 0) is 67.1 Å². The summed E-state index contributed by atoms with van der Waals surface area (Å²) in [4.78, 5) is 26.1. The largest absolute Gasteiger partial charge is 0.348 e. The van der Waals surface area contributed by atoms with E-state index in [0.717, 1.165) is 5.56 Å². The molecule has 1 amide bonds. The molecule has 164 valence electrons. The summed E-state index contributed by atoms with van der Waals surface area (Å²) < 4.78 is 29.5. The van der Waals surface area contributed by atoms with Gasteiger partial charge in [0.2, 0.25) is 5.78 Å². The highest BCUT2D eigenvalue weighted by Gasteiger charge is 2.18. The van der Waals surface area contributed by atoms with E-state index >= 15 is 0 Å². The Kier molecular flexibility index (Phi) is 4.93. The van der Waals surface area contributed by atoms with Crippen LogP contribution < -0.4 is 10.9 Å². The van der Waals surface area contributed by atoms with E-state index in [1.807, 2.05) is 0 Å². The van der Waals surface area contributed by atoms with Gasteiger partial charge in [0.05, 0.1) is 16.6 Å². The van der Waals surface area contributed by atoms with Crippen molar-refractivity contribution in [1.29, 1.82) is 0 Å². The molecule has 0 saturated heterocycles. The Hall–Kier alpha value is -4.40. The van der Waals surface area contributed by atoms with E-state index in [9.17, 15) is 18.4 Å². The van der Waals surface area contributed by atoms with Crippen molar-refractivity contribution in [2.75, 3.05) is 0 Å². The number of nitrogens with one attached hydrogen (secondary N) is 1. The Labute approximate surface area is 185 Å². The molecule has 2 heterocycles. The predicted octanol–water partition coefficient (Wildman–Crippen LogP) is 3.55. The lowest BCUT2D eigenvalue weighted by Gasteiger charge is -2.12. The number of aryl methyl sites for hydroxylation is 1. The molecule has 5 rings (SSSR count). The molecule has 1 N–H and O–H groups in total. The van der Waals surface area contributed by atoms with Gasteiger partial charge in [0.1, 0.15) is 17.5 Å². The molecule has 33 heavy (non-hydrogen) atoms. The second-order valence-corrected chi connectivity index (χ2v) is 7.54. The molecular weight excluding hydrogens is 428 g/mol. The molecule has 0 unspecified atom stereocenters. The topological polar surface area (TPSA) is 81.3 Å². The van der Waals surface area contributed by atoms with Crippen LogP contribution in [0.2, 0.25) is 0 Å². The molecule has 0 aliphatic heterocycles. The predicted molar refractivity (Wildman–Crippen MR) is 118 cm³/mol. The monoisotopic (exact) mass is 445 g/mol. The number of hydrogen-bond donors (Lipinski definition) is 1. The molecule has 0 aliphatic rings. The highest BCUT2D eigenvalue weighted by molar-refractivity contribution is 5.98. The number of nitrogens with zero attached hydrogens (tertiary/aromatic N) is 4. The highest BCUT2D eigenvalue weighted by atomic mass is 19.1. The van der Waals surface area contributed by atoms with Crippen LogP contribution in [0.1, 0.15) is 21.7 Å². The SMILES string of the molecule is Cc1nnc2n(-c3ccc(F)cc3)c(=O)c3ccc(C(=O)NCc4ccc(F)cc4)cc3n12. The molecule has 5 aromatic rings. The maximum Gasteiger partial charge on any atom is 0.267 e. The number of benzene rings is 3. The third-order valence-electron chi connectivity index (χ3n) is 5.39. The maximum atomic E-state index is 13.4. The van der Waals surface area contributed by atoms with E-state index in [1.54, 1.807) is 41.7 Å². The fraction of sp³-hybridized carbons (Fsp3) is 0.0833. The van der Waals surface area contributed by atoms with Gasteiger partial charge in [0.25, 0.3) is 11.5 Å². The van der Waals surface area contributed by atoms with E-state index in [2.05, 4.69) is 15.5 Å². The van der Waals surface area contributed by atoms with Crippen molar-refractivity contribution in [3.05, 3.63) is 106 Å².